The number of aliphatic carboxylic acids is 2. The first-order valence-corrected chi connectivity index (χ1v) is 7.88. The van der Waals surface area contributed by atoms with E-state index in [2.05, 4.69) is 0 Å². The van der Waals surface area contributed by atoms with Crippen molar-refractivity contribution in [3.63, 3.8) is 0 Å². The van der Waals surface area contributed by atoms with E-state index in [-0.39, 0.29) is 6.42 Å². The molecule has 0 aromatic carbocycles. The van der Waals surface area contributed by atoms with E-state index >= 15 is 0 Å². The number of rotatable bonds is 14. The maximum atomic E-state index is 10.3. The molecule has 0 amide bonds. The van der Waals surface area contributed by atoms with Gasteiger partial charge in [-0.25, -0.2) is 4.79 Å². The van der Waals surface area contributed by atoms with Gasteiger partial charge in [-0.3, -0.25) is 4.79 Å². The Morgan fingerprint density at radius 1 is 0.667 bits per heavy atom. The Kier molecular flexibility index (Phi) is 12.5. The van der Waals surface area contributed by atoms with Crippen LogP contribution in [0, 0.1) is 0 Å². The number of unbranched alkanes of at least 4 members (excludes halogenated alkanes) is 10. The van der Waals surface area contributed by atoms with E-state index in [1.165, 1.54) is 31.8 Å². The van der Waals surface area contributed by atoms with Gasteiger partial charge in [-0.2, -0.15) is 0 Å². The van der Waals surface area contributed by atoms with Gasteiger partial charge < -0.3 is 15.3 Å². The first-order valence-electron chi connectivity index (χ1n) is 7.88. The largest absolute Gasteiger partial charge is 0.502 e. The third kappa shape index (κ3) is 14.7. The van der Waals surface area contributed by atoms with Gasteiger partial charge in [0.25, 0.3) is 0 Å². The van der Waals surface area contributed by atoms with E-state index in [0.29, 0.717) is 6.42 Å². The molecule has 0 saturated heterocycles. The monoisotopic (exact) mass is 300 g/mol. The highest BCUT2D eigenvalue weighted by Gasteiger charge is 2.01. The summed E-state index contributed by atoms with van der Waals surface area (Å²) in [4.78, 5) is 20.6. The van der Waals surface area contributed by atoms with Gasteiger partial charge in [-0.15, -0.1) is 0 Å². The van der Waals surface area contributed by atoms with E-state index in [0.717, 1.165) is 38.5 Å². The Morgan fingerprint density at radius 3 is 1.52 bits per heavy atom. The molecular weight excluding hydrogens is 272 g/mol. The summed E-state index contributed by atoms with van der Waals surface area (Å²) in [6, 6.07) is 0. The molecule has 0 rings (SSSR count). The highest BCUT2D eigenvalue weighted by molar-refractivity contribution is 5.83. The third-order valence-electron chi connectivity index (χ3n) is 3.40. The summed E-state index contributed by atoms with van der Waals surface area (Å²) in [5, 5.41) is 25.9. The summed E-state index contributed by atoms with van der Waals surface area (Å²) in [6.45, 7) is 0. The molecule has 0 unspecified atom stereocenters. The average Bonchev–Trinajstić information content (AvgIpc) is 2.43. The number of carbonyl (C=O) groups is 2. The molecule has 0 aliphatic rings. The summed E-state index contributed by atoms with van der Waals surface area (Å²) in [7, 11) is 0. The first kappa shape index (κ1) is 19.5. The van der Waals surface area contributed by atoms with Gasteiger partial charge >= 0.3 is 11.9 Å². The fourth-order valence-corrected chi connectivity index (χ4v) is 2.16. The summed E-state index contributed by atoms with van der Waals surface area (Å²) < 4.78 is 0. The van der Waals surface area contributed by atoms with Gasteiger partial charge in [0.05, 0.1) is 0 Å². The Labute approximate surface area is 126 Å². The van der Waals surface area contributed by atoms with Crippen LogP contribution < -0.4 is 0 Å². The molecule has 0 bridgehead atoms. The van der Waals surface area contributed by atoms with Crippen molar-refractivity contribution in [3.05, 3.63) is 11.8 Å². The van der Waals surface area contributed by atoms with Crippen molar-refractivity contribution in [2.24, 2.45) is 0 Å². The topological polar surface area (TPSA) is 94.8 Å². The zero-order chi connectivity index (χ0) is 15.9. The molecule has 0 saturated carbocycles. The van der Waals surface area contributed by atoms with Crippen LogP contribution in [0.1, 0.15) is 77.0 Å². The predicted molar refractivity (Wildman–Crippen MR) is 81.4 cm³/mol. The van der Waals surface area contributed by atoms with E-state index in [1.807, 2.05) is 0 Å². The summed E-state index contributed by atoms with van der Waals surface area (Å²) in [6.07, 6.45) is 13.0. The Balaban J connectivity index is 3.18. The number of carboxylic acids is 2. The fourth-order valence-electron chi connectivity index (χ4n) is 2.16. The number of hydrogen-bond acceptors (Lipinski definition) is 3. The maximum Gasteiger partial charge on any atom is 0.370 e. The molecule has 0 heterocycles. The van der Waals surface area contributed by atoms with Crippen molar-refractivity contribution in [2.45, 2.75) is 77.0 Å². The SMILES string of the molecule is O=C(O)CCCCCCCCCCCCC=C(O)C(=O)O. The van der Waals surface area contributed by atoms with Crippen molar-refractivity contribution in [2.75, 3.05) is 0 Å². The molecule has 0 spiro atoms. The first-order chi connectivity index (χ1) is 10.0. The summed E-state index contributed by atoms with van der Waals surface area (Å²) in [5.41, 5.74) is 0. The lowest BCUT2D eigenvalue weighted by Gasteiger charge is -2.02. The van der Waals surface area contributed by atoms with Crippen molar-refractivity contribution < 1.29 is 24.9 Å². The Hall–Kier alpha value is -1.52. The fraction of sp³-hybridized carbons (Fsp3) is 0.750. The van der Waals surface area contributed by atoms with Crippen molar-refractivity contribution in [1.29, 1.82) is 0 Å². The minimum absolute atomic E-state index is 0.284. The molecule has 0 aromatic rings. The molecule has 0 radical (unpaired) electrons. The molecule has 21 heavy (non-hydrogen) atoms. The second-order valence-corrected chi connectivity index (χ2v) is 5.36. The van der Waals surface area contributed by atoms with Crippen LogP contribution >= 0.6 is 0 Å². The Morgan fingerprint density at radius 2 is 1.10 bits per heavy atom. The lowest BCUT2D eigenvalue weighted by molar-refractivity contribution is -0.137. The van der Waals surface area contributed by atoms with Crippen LogP contribution in [-0.2, 0) is 9.59 Å². The van der Waals surface area contributed by atoms with Crippen LogP contribution in [0.4, 0.5) is 0 Å². The Bertz CT molecular complexity index is 323. The van der Waals surface area contributed by atoms with Gasteiger partial charge in [0, 0.05) is 6.42 Å². The van der Waals surface area contributed by atoms with Gasteiger partial charge in [-0.1, -0.05) is 51.4 Å². The van der Waals surface area contributed by atoms with Crippen molar-refractivity contribution in [1.82, 2.24) is 0 Å². The molecule has 0 fully saturated rings. The lowest BCUT2D eigenvalue weighted by atomic mass is 10.1. The predicted octanol–water partition coefficient (Wildman–Crippen LogP) is 4.28. The second-order valence-electron chi connectivity index (χ2n) is 5.36. The number of hydrogen-bond donors (Lipinski definition) is 3. The zero-order valence-electron chi connectivity index (χ0n) is 12.7. The average molecular weight is 300 g/mol. The van der Waals surface area contributed by atoms with E-state index in [9.17, 15) is 9.59 Å². The number of aliphatic hydroxyl groups excluding tert-OH is 1. The van der Waals surface area contributed by atoms with Gasteiger partial charge in [0.15, 0.2) is 5.76 Å². The van der Waals surface area contributed by atoms with E-state index in [1.54, 1.807) is 0 Å². The normalized spacial score (nSPS) is 11.5. The molecule has 0 aliphatic carbocycles. The standard InChI is InChI=1S/C16H28O5/c17-14(16(20)21)12-10-8-6-4-2-1-3-5-7-9-11-13-15(18)19/h12,17H,1-11,13H2,(H,18,19)(H,20,21). The number of carboxylic acid groups (broad SMARTS) is 2. The molecule has 0 atom stereocenters. The molecule has 122 valence electrons. The summed E-state index contributed by atoms with van der Waals surface area (Å²) in [5.74, 6) is -2.53. The third-order valence-corrected chi connectivity index (χ3v) is 3.40. The molecule has 0 aliphatic heterocycles. The highest BCUT2D eigenvalue weighted by Crippen LogP contribution is 2.12. The van der Waals surface area contributed by atoms with E-state index in [4.69, 9.17) is 15.3 Å². The van der Waals surface area contributed by atoms with Gasteiger partial charge in [0.1, 0.15) is 0 Å². The van der Waals surface area contributed by atoms with Crippen LogP contribution in [0.2, 0.25) is 0 Å². The molecule has 0 aromatic heterocycles. The van der Waals surface area contributed by atoms with Crippen LogP contribution in [0.3, 0.4) is 0 Å². The molecular formula is C16H28O5. The van der Waals surface area contributed by atoms with Crippen molar-refractivity contribution in [3.8, 4) is 0 Å². The number of allylic oxidation sites excluding steroid dienone is 1. The minimum atomic E-state index is -1.27. The second kappa shape index (κ2) is 13.5. The minimum Gasteiger partial charge on any atom is -0.502 e. The molecule has 5 nitrogen and oxygen atoms in total. The van der Waals surface area contributed by atoms with Crippen molar-refractivity contribution >= 4 is 11.9 Å². The van der Waals surface area contributed by atoms with Gasteiger partial charge in [0.2, 0.25) is 0 Å². The van der Waals surface area contributed by atoms with Gasteiger partial charge in [-0.05, 0) is 25.3 Å². The molecule has 3 N–H and O–H groups in total. The quantitative estimate of drug-likeness (QED) is 0.253. The number of aliphatic hydroxyl groups is 1. The zero-order valence-corrected chi connectivity index (χ0v) is 12.7. The smallest absolute Gasteiger partial charge is 0.370 e. The lowest BCUT2D eigenvalue weighted by Crippen LogP contribution is -1.98. The van der Waals surface area contributed by atoms with Crippen LogP contribution in [0.5, 0.6) is 0 Å². The maximum absolute atomic E-state index is 10.3. The van der Waals surface area contributed by atoms with Crippen LogP contribution in [0.15, 0.2) is 11.8 Å². The van der Waals surface area contributed by atoms with E-state index < -0.39 is 17.7 Å². The highest BCUT2D eigenvalue weighted by atomic mass is 16.4. The molecule has 5 heteroatoms. The van der Waals surface area contributed by atoms with Crippen LogP contribution in [-0.4, -0.2) is 27.3 Å². The van der Waals surface area contributed by atoms with Crippen LogP contribution in [0.25, 0.3) is 0 Å². The summed E-state index contributed by atoms with van der Waals surface area (Å²) >= 11 is 0.